The molecule has 0 aliphatic heterocycles. The van der Waals surface area contributed by atoms with Gasteiger partial charge in [0.05, 0.1) is 4.70 Å². The number of fused-ring (bicyclic) bond motifs is 1. The Labute approximate surface area is 162 Å². The van der Waals surface area contributed by atoms with Crippen LogP contribution in [0.1, 0.15) is 19.4 Å². The van der Waals surface area contributed by atoms with Crippen molar-refractivity contribution in [3.8, 4) is 5.75 Å². The summed E-state index contributed by atoms with van der Waals surface area (Å²) in [6, 6.07) is 3.30. The lowest BCUT2D eigenvalue weighted by Gasteiger charge is -2.17. The van der Waals surface area contributed by atoms with Crippen molar-refractivity contribution in [1.29, 1.82) is 0 Å². The predicted molar refractivity (Wildman–Crippen MR) is 108 cm³/mol. The van der Waals surface area contributed by atoms with Gasteiger partial charge in [-0.2, -0.15) is 0 Å². The first-order chi connectivity index (χ1) is 13.0. The van der Waals surface area contributed by atoms with Gasteiger partial charge in [-0.15, -0.1) is 0 Å². The number of aromatic amines is 1. The molecule has 0 fully saturated rings. The van der Waals surface area contributed by atoms with Gasteiger partial charge < -0.3 is 30.4 Å². The maximum atomic E-state index is 11.7. The highest BCUT2D eigenvalue weighted by Gasteiger charge is 2.10. The third-order valence-electron chi connectivity index (χ3n) is 4.31. The molecule has 4 N–H and O–H groups in total. The van der Waals surface area contributed by atoms with E-state index in [0.717, 1.165) is 43.1 Å². The van der Waals surface area contributed by atoms with Gasteiger partial charge in [0.2, 0.25) is 0 Å². The normalized spacial score (nSPS) is 11.2. The standard InChI is InChI=1S/C18H28N4O4S/c1-3-22(4-2)11-9-19-10-12-26-17(24)20-8-7-13-5-6-14(23)15-16(13)27-18(25)21-15/h5-6,19,23H,3-4,7-12H2,1-2H3,(H,20,24)(H,21,25). The zero-order valence-corrected chi connectivity index (χ0v) is 16.7. The molecule has 0 atom stereocenters. The molecule has 1 aromatic heterocycles. The molecule has 0 aliphatic rings. The summed E-state index contributed by atoms with van der Waals surface area (Å²) >= 11 is 1.05. The van der Waals surface area contributed by atoms with Crippen LogP contribution in [0.15, 0.2) is 16.9 Å². The lowest BCUT2D eigenvalue weighted by molar-refractivity contribution is 0.146. The van der Waals surface area contributed by atoms with Gasteiger partial charge in [-0.25, -0.2) is 4.79 Å². The van der Waals surface area contributed by atoms with Gasteiger partial charge in [-0.1, -0.05) is 31.3 Å². The van der Waals surface area contributed by atoms with Crippen molar-refractivity contribution in [3.05, 3.63) is 27.4 Å². The summed E-state index contributed by atoms with van der Waals surface area (Å²) < 4.78 is 5.85. The van der Waals surface area contributed by atoms with E-state index in [2.05, 4.69) is 34.4 Å². The van der Waals surface area contributed by atoms with Gasteiger partial charge in [0.15, 0.2) is 0 Å². The summed E-state index contributed by atoms with van der Waals surface area (Å²) in [5.41, 5.74) is 1.34. The maximum absolute atomic E-state index is 11.7. The van der Waals surface area contributed by atoms with Gasteiger partial charge in [0, 0.05) is 26.2 Å². The lowest BCUT2D eigenvalue weighted by atomic mass is 10.1. The average Bonchev–Trinajstić information content (AvgIpc) is 3.06. The van der Waals surface area contributed by atoms with E-state index < -0.39 is 6.09 Å². The molecule has 0 saturated carbocycles. The van der Waals surface area contributed by atoms with Gasteiger partial charge in [-0.05, 0) is 31.1 Å². The van der Waals surface area contributed by atoms with Gasteiger partial charge in [0.25, 0.3) is 0 Å². The van der Waals surface area contributed by atoms with E-state index in [1.165, 1.54) is 0 Å². The third-order valence-corrected chi connectivity index (χ3v) is 5.27. The largest absolute Gasteiger partial charge is 0.506 e. The molecule has 150 valence electrons. The number of hydrogen-bond acceptors (Lipinski definition) is 7. The Bertz CT molecular complexity index is 785. The number of likely N-dealkylation sites (N-methyl/N-ethyl adjacent to an activating group) is 1. The second-order valence-corrected chi connectivity index (χ2v) is 7.04. The van der Waals surface area contributed by atoms with Crippen LogP contribution < -0.4 is 15.5 Å². The van der Waals surface area contributed by atoms with E-state index in [4.69, 9.17) is 4.74 Å². The predicted octanol–water partition coefficient (Wildman–Crippen LogP) is 1.50. The van der Waals surface area contributed by atoms with Gasteiger partial charge >= 0.3 is 11.0 Å². The number of alkyl carbamates (subject to hydrolysis) is 1. The van der Waals surface area contributed by atoms with Crippen molar-refractivity contribution < 1.29 is 14.6 Å². The lowest BCUT2D eigenvalue weighted by Crippen LogP contribution is -2.34. The van der Waals surface area contributed by atoms with Crippen LogP contribution >= 0.6 is 11.3 Å². The fraction of sp³-hybridized carbons (Fsp3) is 0.556. The molecule has 27 heavy (non-hydrogen) atoms. The quantitative estimate of drug-likeness (QED) is 0.429. The number of phenolic OH excluding ortho intramolecular Hbond substituents is 1. The topological polar surface area (TPSA) is 107 Å². The zero-order chi connectivity index (χ0) is 19.6. The molecular formula is C18H28N4O4S. The Balaban J connectivity index is 1.64. The van der Waals surface area contributed by atoms with E-state index in [9.17, 15) is 14.7 Å². The number of H-pyrrole nitrogens is 1. The molecule has 1 aromatic carbocycles. The minimum absolute atomic E-state index is 0.0490. The highest BCUT2D eigenvalue weighted by atomic mass is 32.1. The van der Waals surface area contributed by atoms with Crippen molar-refractivity contribution in [3.63, 3.8) is 0 Å². The summed E-state index contributed by atoms with van der Waals surface area (Å²) in [4.78, 5) is 27.9. The molecule has 2 aromatic rings. The first-order valence-corrected chi connectivity index (χ1v) is 10.0. The fourth-order valence-corrected chi connectivity index (χ4v) is 3.64. The number of aromatic nitrogens is 1. The number of phenols is 1. The van der Waals surface area contributed by atoms with E-state index >= 15 is 0 Å². The third kappa shape index (κ3) is 6.53. The Morgan fingerprint density at radius 1 is 1.26 bits per heavy atom. The number of carbonyl (C=O) groups is 1. The van der Waals surface area contributed by atoms with Crippen LogP contribution in [0.4, 0.5) is 4.79 Å². The van der Waals surface area contributed by atoms with E-state index in [1.54, 1.807) is 12.1 Å². The second kappa shape index (κ2) is 10.9. The Kier molecular flexibility index (Phi) is 8.56. The summed E-state index contributed by atoms with van der Waals surface area (Å²) in [6.07, 6.45) is 0.0831. The van der Waals surface area contributed by atoms with Gasteiger partial charge in [0.1, 0.15) is 17.9 Å². The number of benzene rings is 1. The monoisotopic (exact) mass is 396 g/mol. The Hall–Kier alpha value is -2.10. The number of ether oxygens (including phenoxy) is 1. The number of thiazole rings is 1. The number of rotatable bonds is 11. The summed E-state index contributed by atoms with van der Waals surface area (Å²) in [6.45, 7) is 9.49. The number of aromatic hydroxyl groups is 1. The summed E-state index contributed by atoms with van der Waals surface area (Å²) in [5, 5.41) is 15.7. The molecular weight excluding hydrogens is 368 g/mol. The highest BCUT2D eigenvalue weighted by Crippen LogP contribution is 2.27. The molecule has 0 unspecified atom stereocenters. The molecule has 8 nitrogen and oxygen atoms in total. The Morgan fingerprint density at radius 3 is 2.78 bits per heavy atom. The molecule has 0 radical (unpaired) electrons. The number of hydrogen-bond donors (Lipinski definition) is 4. The number of nitrogens with zero attached hydrogens (tertiary/aromatic N) is 1. The first kappa shape index (κ1) is 21.2. The highest BCUT2D eigenvalue weighted by molar-refractivity contribution is 7.16. The minimum Gasteiger partial charge on any atom is -0.506 e. The van der Waals surface area contributed by atoms with Crippen LogP contribution in [0.3, 0.4) is 0 Å². The molecule has 9 heteroatoms. The van der Waals surface area contributed by atoms with Crippen LogP contribution in [0.2, 0.25) is 0 Å². The van der Waals surface area contributed by atoms with Crippen molar-refractivity contribution in [2.24, 2.45) is 0 Å². The van der Waals surface area contributed by atoms with Crippen molar-refractivity contribution >= 4 is 27.6 Å². The first-order valence-electron chi connectivity index (χ1n) is 9.22. The van der Waals surface area contributed by atoms with Gasteiger partial charge in [-0.3, -0.25) is 4.79 Å². The maximum Gasteiger partial charge on any atom is 0.407 e. The van der Waals surface area contributed by atoms with E-state index in [-0.39, 0.29) is 10.6 Å². The smallest absolute Gasteiger partial charge is 0.407 e. The van der Waals surface area contributed by atoms with Crippen LogP contribution in [-0.4, -0.2) is 67.0 Å². The second-order valence-electron chi connectivity index (χ2n) is 6.05. The molecule has 1 heterocycles. The zero-order valence-electron chi connectivity index (χ0n) is 15.8. The SMILES string of the molecule is CCN(CC)CCNCCOC(=O)NCCc1ccc(O)c2[nH]c(=O)sc12. The van der Waals surface area contributed by atoms with Crippen LogP contribution in [0, 0.1) is 0 Å². The minimum atomic E-state index is -0.460. The Morgan fingerprint density at radius 2 is 2.04 bits per heavy atom. The fourth-order valence-electron chi connectivity index (χ4n) is 2.74. The summed E-state index contributed by atoms with van der Waals surface area (Å²) in [5.74, 6) is 0.0490. The number of nitrogens with one attached hydrogen (secondary N) is 3. The molecule has 0 saturated heterocycles. The number of amides is 1. The molecule has 0 spiro atoms. The van der Waals surface area contributed by atoms with Crippen LogP contribution in [0.5, 0.6) is 5.75 Å². The van der Waals surface area contributed by atoms with E-state index in [1.807, 2.05) is 0 Å². The number of carbonyl (C=O) groups excluding carboxylic acids is 1. The molecule has 2 rings (SSSR count). The molecule has 0 bridgehead atoms. The van der Waals surface area contributed by atoms with Crippen molar-refractivity contribution in [2.75, 3.05) is 45.9 Å². The average molecular weight is 397 g/mol. The van der Waals surface area contributed by atoms with Crippen LogP contribution in [0.25, 0.3) is 10.2 Å². The van der Waals surface area contributed by atoms with Crippen molar-refractivity contribution in [2.45, 2.75) is 20.3 Å². The van der Waals surface area contributed by atoms with E-state index in [0.29, 0.717) is 36.3 Å². The molecule has 0 aliphatic carbocycles. The summed E-state index contributed by atoms with van der Waals surface area (Å²) in [7, 11) is 0. The molecule has 1 amide bonds. The van der Waals surface area contributed by atoms with Crippen molar-refractivity contribution in [1.82, 2.24) is 20.5 Å². The van der Waals surface area contributed by atoms with Crippen LogP contribution in [-0.2, 0) is 11.2 Å².